The second-order valence-electron chi connectivity index (χ2n) is 1.66. The zero-order valence-corrected chi connectivity index (χ0v) is 4.81. The number of carbonyl (C=O) groups is 1. The van der Waals surface area contributed by atoms with Gasteiger partial charge in [0.1, 0.15) is 6.29 Å². The Morgan fingerprint density at radius 2 is 2.00 bits per heavy atom. The third kappa shape index (κ3) is 9.69. The van der Waals surface area contributed by atoms with E-state index in [9.17, 15) is 4.79 Å². The molecule has 0 unspecified atom stereocenters. The summed E-state index contributed by atoms with van der Waals surface area (Å²) < 4.78 is 0. The molecule has 0 saturated heterocycles. The van der Waals surface area contributed by atoms with Crippen LogP contribution >= 0.6 is 0 Å². The van der Waals surface area contributed by atoms with E-state index in [-0.39, 0.29) is 23.9 Å². The summed E-state index contributed by atoms with van der Waals surface area (Å²) in [5, 5.41) is 0. The van der Waals surface area contributed by atoms with E-state index in [4.69, 9.17) is 0 Å². The van der Waals surface area contributed by atoms with E-state index in [1.165, 1.54) is 12.8 Å². The van der Waals surface area contributed by atoms with Crippen LogP contribution < -0.4 is 0 Å². The molecule has 0 heterocycles. The minimum atomic E-state index is 0. The van der Waals surface area contributed by atoms with Gasteiger partial charge in [-0.3, -0.25) is 0 Å². The molecule has 0 rings (SSSR count). The van der Waals surface area contributed by atoms with Crippen LogP contribution in [0.4, 0.5) is 0 Å². The van der Waals surface area contributed by atoms with E-state index in [1.807, 2.05) is 0 Å². The topological polar surface area (TPSA) is 17.1 Å². The van der Waals surface area contributed by atoms with Gasteiger partial charge in [0.15, 0.2) is 0 Å². The van der Waals surface area contributed by atoms with Gasteiger partial charge in [-0.05, 0) is 6.42 Å². The Labute approximate surface area is 67.8 Å². The monoisotopic (exact) mass is 224 g/mol. The standard InChI is InChI=1S/C6H12O.Sn.4H/c1-2-3-4-5-6-7;;;;;/h6H,2-5H2,1H3;;;;;. The zero-order chi connectivity index (χ0) is 5.54. The summed E-state index contributed by atoms with van der Waals surface area (Å²) in [6.45, 7) is 2.13. The van der Waals surface area contributed by atoms with Crippen molar-refractivity contribution in [3.63, 3.8) is 0 Å². The molecule has 0 aliphatic carbocycles. The summed E-state index contributed by atoms with van der Waals surface area (Å²) in [6, 6.07) is 0. The van der Waals surface area contributed by atoms with Crippen LogP contribution in [0, 0.1) is 0 Å². The van der Waals surface area contributed by atoms with Crippen molar-refractivity contribution < 1.29 is 4.79 Å². The molecule has 0 radical (unpaired) electrons. The molecular weight excluding hydrogens is 207 g/mol. The van der Waals surface area contributed by atoms with Gasteiger partial charge in [-0.15, -0.1) is 0 Å². The fraction of sp³-hybridized carbons (Fsp3) is 0.833. The number of unbranched alkanes of at least 4 members (excludes halogenated alkanes) is 3. The molecule has 0 fully saturated rings. The first-order valence-electron chi connectivity index (χ1n) is 2.85. The van der Waals surface area contributed by atoms with Gasteiger partial charge in [0, 0.05) is 6.42 Å². The third-order valence-corrected chi connectivity index (χ3v) is 0.926. The number of carbonyl (C=O) groups excluding carboxylic acids is 1. The van der Waals surface area contributed by atoms with E-state index < -0.39 is 0 Å². The second kappa shape index (κ2) is 10.4. The molecule has 50 valence electrons. The maximum atomic E-state index is 9.68. The van der Waals surface area contributed by atoms with Crippen molar-refractivity contribution >= 4 is 30.2 Å². The van der Waals surface area contributed by atoms with Gasteiger partial charge in [-0.2, -0.15) is 0 Å². The van der Waals surface area contributed by atoms with Crippen molar-refractivity contribution in [2.24, 2.45) is 0 Å². The van der Waals surface area contributed by atoms with Gasteiger partial charge >= 0.3 is 23.9 Å². The molecule has 0 spiro atoms. The molecule has 0 atom stereocenters. The summed E-state index contributed by atoms with van der Waals surface area (Å²) in [5.41, 5.74) is 0. The van der Waals surface area contributed by atoms with Crippen LogP contribution in [0.5, 0.6) is 0 Å². The van der Waals surface area contributed by atoms with E-state index in [1.54, 1.807) is 0 Å². The van der Waals surface area contributed by atoms with Crippen LogP contribution in [0.1, 0.15) is 32.6 Å². The van der Waals surface area contributed by atoms with E-state index in [0.717, 1.165) is 19.1 Å². The summed E-state index contributed by atoms with van der Waals surface area (Å²) in [6.07, 6.45) is 5.19. The summed E-state index contributed by atoms with van der Waals surface area (Å²) in [5.74, 6) is 0. The van der Waals surface area contributed by atoms with Crippen molar-refractivity contribution in [3.8, 4) is 0 Å². The molecule has 0 saturated carbocycles. The zero-order valence-electron chi connectivity index (χ0n) is 4.81. The Morgan fingerprint density at radius 1 is 1.38 bits per heavy atom. The van der Waals surface area contributed by atoms with Gasteiger partial charge in [0.05, 0.1) is 0 Å². The molecule has 0 amide bonds. The molecule has 0 aliphatic rings. The molecule has 0 bridgehead atoms. The Kier molecular flexibility index (Phi) is 14.7. The predicted molar refractivity (Wildman–Crippen MR) is 41.5 cm³/mol. The van der Waals surface area contributed by atoms with Crippen LogP contribution in [0.25, 0.3) is 0 Å². The Morgan fingerprint density at radius 3 is 2.38 bits per heavy atom. The van der Waals surface area contributed by atoms with E-state index in [2.05, 4.69) is 6.92 Å². The molecule has 0 N–H and O–H groups in total. The number of rotatable bonds is 4. The maximum absolute atomic E-state index is 9.68. The van der Waals surface area contributed by atoms with Crippen molar-refractivity contribution in [1.29, 1.82) is 0 Å². The SMILES string of the molecule is CCCCCC=O.[SnH4]. The van der Waals surface area contributed by atoms with Crippen molar-refractivity contribution in [3.05, 3.63) is 0 Å². The van der Waals surface area contributed by atoms with E-state index in [0.29, 0.717) is 0 Å². The average molecular weight is 223 g/mol. The van der Waals surface area contributed by atoms with Crippen molar-refractivity contribution in [1.82, 2.24) is 0 Å². The van der Waals surface area contributed by atoms with Crippen LogP contribution in [0.3, 0.4) is 0 Å². The molecule has 0 aromatic carbocycles. The first kappa shape index (κ1) is 11.3. The van der Waals surface area contributed by atoms with Gasteiger partial charge < -0.3 is 4.79 Å². The summed E-state index contributed by atoms with van der Waals surface area (Å²) >= 11 is 0. The van der Waals surface area contributed by atoms with E-state index >= 15 is 0 Å². The van der Waals surface area contributed by atoms with Gasteiger partial charge in [0.2, 0.25) is 0 Å². The average Bonchev–Trinajstić information content (AvgIpc) is 1.69. The number of hydrogen-bond acceptors (Lipinski definition) is 1. The van der Waals surface area contributed by atoms with Crippen LogP contribution in [-0.2, 0) is 4.79 Å². The normalized spacial score (nSPS) is 7.62. The first-order valence-corrected chi connectivity index (χ1v) is 2.85. The third-order valence-electron chi connectivity index (χ3n) is 0.926. The Hall–Kier alpha value is 0.469. The predicted octanol–water partition coefficient (Wildman–Crippen LogP) is 0.314. The van der Waals surface area contributed by atoms with Crippen molar-refractivity contribution in [2.45, 2.75) is 32.6 Å². The van der Waals surface area contributed by atoms with Crippen LogP contribution in [0.2, 0.25) is 0 Å². The van der Waals surface area contributed by atoms with Gasteiger partial charge in [-0.25, -0.2) is 0 Å². The fourth-order valence-electron chi connectivity index (χ4n) is 0.478. The van der Waals surface area contributed by atoms with Gasteiger partial charge in [-0.1, -0.05) is 19.8 Å². The number of aldehydes is 1. The molecule has 0 aromatic heterocycles. The molecule has 0 aliphatic heterocycles. The molecular formula is C6H16OSn. The Bertz CT molecular complexity index is 45.8. The summed E-state index contributed by atoms with van der Waals surface area (Å²) in [4.78, 5) is 9.68. The van der Waals surface area contributed by atoms with Crippen LogP contribution in [-0.4, -0.2) is 30.2 Å². The van der Waals surface area contributed by atoms with Crippen LogP contribution in [0.15, 0.2) is 0 Å². The number of hydrogen-bond donors (Lipinski definition) is 0. The molecule has 8 heavy (non-hydrogen) atoms. The van der Waals surface area contributed by atoms with Crippen molar-refractivity contribution in [2.75, 3.05) is 0 Å². The quantitative estimate of drug-likeness (QED) is 0.381. The Balaban J connectivity index is 0. The van der Waals surface area contributed by atoms with Gasteiger partial charge in [0.25, 0.3) is 0 Å². The first-order chi connectivity index (χ1) is 3.41. The fourth-order valence-corrected chi connectivity index (χ4v) is 0.478. The molecule has 1 nitrogen and oxygen atoms in total. The molecule has 0 aromatic rings. The minimum absolute atomic E-state index is 0. The molecule has 2 heteroatoms. The summed E-state index contributed by atoms with van der Waals surface area (Å²) in [7, 11) is 0. The second-order valence-corrected chi connectivity index (χ2v) is 1.66.